The molecule has 3 aromatic rings. The van der Waals surface area contributed by atoms with Crippen molar-refractivity contribution in [1.82, 2.24) is 15.3 Å². The number of rotatable bonds is 6. The molecule has 3 heterocycles. The van der Waals surface area contributed by atoms with Crippen LogP contribution in [0.3, 0.4) is 0 Å². The van der Waals surface area contributed by atoms with Gasteiger partial charge in [-0.3, -0.25) is 9.59 Å². The molecule has 0 unspecified atom stereocenters. The number of nitrogens with one attached hydrogen (secondary N) is 2. The van der Waals surface area contributed by atoms with Crippen molar-refractivity contribution in [3.05, 3.63) is 50.9 Å². The van der Waals surface area contributed by atoms with Crippen LogP contribution >= 0.6 is 23.1 Å². The van der Waals surface area contributed by atoms with E-state index in [4.69, 9.17) is 9.47 Å². The minimum Gasteiger partial charge on any atom is -0.486 e. The normalized spacial score (nSPS) is 16.4. The van der Waals surface area contributed by atoms with Crippen molar-refractivity contribution in [2.24, 2.45) is 0 Å². The first kappa shape index (κ1) is 20.7. The van der Waals surface area contributed by atoms with Gasteiger partial charge in [0.15, 0.2) is 11.5 Å². The molecule has 2 aromatic heterocycles. The molecule has 0 fully saturated rings. The number of hydrogen-bond acceptors (Lipinski definition) is 7. The molecular formula is C21H23N3O4S2. The third-order valence-electron chi connectivity index (χ3n) is 5.00. The maximum atomic E-state index is 12.5. The number of thiophene rings is 1. The highest BCUT2D eigenvalue weighted by atomic mass is 32.2. The average Bonchev–Trinajstić information content (AvgIpc) is 3.03. The summed E-state index contributed by atoms with van der Waals surface area (Å²) in [6.07, 6.45) is -0.230. The summed E-state index contributed by atoms with van der Waals surface area (Å²) in [4.78, 5) is 34.1. The number of aromatic amines is 1. The molecule has 1 aliphatic rings. The molecule has 0 spiro atoms. The highest BCUT2D eigenvalue weighted by molar-refractivity contribution is 7.99. The lowest BCUT2D eigenvalue weighted by Crippen LogP contribution is -2.42. The molecule has 4 rings (SSSR count). The standard InChI is InChI=1S/C21H23N3O4S2/c1-11-12(2)30-21-18(11)20(26)23-17(24-21)10-29-13(3)19(25)22-8-14-9-27-15-6-4-5-7-16(15)28-14/h4-7,13-14H,8-10H2,1-3H3,(H,22,25)(H,23,24,26)/t13-,14-/m0/s1. The lowest BCUT2D eigenvalue weighted by Gasteiger charge is -2.26. The predicted octanol–water partition coefficient (Wildman–Crippen LogP) is 3.18. The van der Waals surface area contributed by atoms with Crippen LogP contribution in [0, 0.1) is 13.8 Å². The highest BCUT2D eigenvalue weighted by Crippen LogP contribution is 2.30. The first-order chi connectivity index (χ1) is 14.4. The first-order valence-electron chi connectivity index (χ1n) is 9.69. The predicted molar refractivity (Wildman–Crippen MR) is 120 cm³/mol. The Morgan fingerprint density at radius 2 is 2.13 bits per heavy atom. The second-order valence-corrected chi connectivity index (χ2v) is 9.70. The fourth-order valence-electron chi connectivity index (χ4n) is 3.17. The van der Waals surface area contributed by atoms with Crippen LogP contribution in [0.4, 0.5) is 0 Å². The van der Waals surface area contributed by atoms with Gasteiger partial charge in [-0.15, -0.1) is 23.1 Å². The van der Waals surface area contributed by atoms with Gasteiger partial charge in [-0.25, -0.2) is 4.98 Å². The van der Waals surface area contributed by atoms with Gasteiger partial charge < -0.3 is 19.8 Å². The van der Waals surface area contributed by atoms with Gasteiger partial charge in [-0.05, 0) is 38.5 Å². The number of fused-ring (bicyclic) bond motifs is 2. The molecule has 0 saturated heterocycles. The van der Waals surface area contributed by atoms with Gasteiger partial charge in [-0.2, -0.15) is 0 Å². The SMILES string of the molecule is Cc1sc2nc(CS[C@@H](C)C(=O)NC[C@H]3COc4ccccc4O3)[nH]c(=O)c2c1C. The largest absolute Gasteiger partial charge is 0.486 e. The van der Waals surface area contributed by atoms with Crippen molar-refractivity contribution in [3.63, 3.8) is 0 Å². The molecule has 9 heteroatoms. The summed E-state index contributed by atoms with van der Waals surface area (Å²) in [6.45, 7) is 6.52. The Hall–Kier alpha value is -2.52. The summed E-state index contributed by atoms with van der Waals surface area (Å²) in [5.41, 5.74) is 0.858. The number of aromatic nitrogens is 2. The van der Waals surface area contributed by atoms with E-state index in [1.165, 1.54) is 23.1 Å². The van der Waals surface area contributed by atoms with Crippen LogP contribution in [0.5, 0.6) is 11.5 Å². The van der Waals surface area contributed by atoms with Gasteiger partial charge in [0.05, 0.1) is 22.9 Å². The van der Waals surface area contributed by atoms with Crippen LogP contribution in [0.15, 0.2) is 29.1 Å². The number of nitrogens with zero attached hydrogens (tertiary/aromatic N) is 1. The summed E-state index contributed by atoms with van der Waals surface area (Å²) >= 11 is 2.95. The van der Waals surface area contributed by atoms with Crippen LogP contribution in [0.2, 0.25) is 0 Å². The summed E-state index contributed by atoms with van der Waals surface area (Å²) in [5, 5.41) is 3.28. The minimum atomic E-state index is -0.297. The van der Waals surface area contributed by atoms with E-state index in [0.29, 0.717) is 35.9 Å². The Morgan fingerprint density at radius 3 is 2.93 bits per heavy atom. The Balaban J connectivity index is 1.30. The third kappa shape index (κ3) is 4.32. The Bertz CT molecular complexity index is 1140. The molecule has 0 bridgehead atoms. The second-order valence-electron chi connectivity index (χ2n) is 7.17. The number of carbonyl (C=O) groups excluding carboxylic acids is 1. The van der Waals surface area contributed by atoms with Gasteiger partial charge in [0.2, 0.25) is 5.91 Å². The number of aryl methyl sites for hydroxylation is 2. The van der Waals surface area contributed by atoms with Crippen LogP contribution in [0.25, 0.3) is 10.2 Å². The summed E-state index contributed by atoms with van der Waals surface area (Å²) in [7, 11) is 0. The maximum Gasteiger partial charge on any atom is 0.259 e. The van der Waals surface area contributed by atoms with Gasteiger partial charge in [0.1, 0.15) is 23.4 Å². The van der Waals surface area contributed by atoms with Gasteiger partial charge in [-0.1, -0.05) is 12.1 Å². The maximum absolute atomic E-state index is 12.5. The molecule has 158 valence electrons. The molecule has 2 N–H and O–H groups in total. The molecule has 1 aliphatic heterocycles. The van der Waals surface area contributed by atoms with E-state index in [0.717, 1.165) is 21.0 Å². The van der Waals surface area contributed by atoms with E-state index in [-0.39, 0.29) is 22.8 Å². The van der Waals surface area contributed by atoms with Crippen LogP contribution in [-0.4, -0.2) is 40.4 Å². The van der Waals surface area contributed by atoms with Crippen molar-refractivity contribution in [1.29, 1.82) is 0 Å². The number of hydrogen-bond donors (Lipinski definition) is 2. The van der Waals surface area contributed by atoms with E-state index < -0.39 is 0 Å². The van der Waals surface area contributed by atoms with E-state index in [2.05, 4.69) is 15.3 Å². The molecule has 0 aliphatic carbocycles. The fourth-order valence-corrected chi connectivity index (χ4v) is 5.00. The highest BCUT2D eigenvalue weighted by Gasteiger charge is 2.22. The molecular weight excluding hydrogens is 422 g/mol. The Labute approximate surface area is 182 Å². The summed E-state index contributed by atoms with van der Waals surface area (Å²) in [6, 6.07) is 7.49. The fraction of sp³-hybridized carbons (Fsp3) is 0.381. The van der Waals surface area contributed by atoms with Crippen LogP contribution in [0.1, 0.15) is 23.2 Å². The van der Waals surface area contributed by atoms with Gasteiger partial charge in [0, 0.05) is 4.88 Å². The molecule has 0 radical (unpaired) electrons. The molecule has 7 nitrogen and oxygen atoms in total. The van der Waals surface area contributed by atoms with Crippen molar-refractivity contribution in [3.8, 4) is 11.5 Å². The van der Waals surface area contributed by atoms with Crippen LogP contribution in [-0.2, 0) is 10.5 Å². The molecule has 1 aromatic carbocycles. The first-order valence-corrected chi connectivity index (χ1v) is 11.6. The zero-order valence-electron chi connectivity index (χ0n) is 17.0. The number of amides is 1. The number of thioether (sulfide) groups is 1. The number of H-pyrrole nitrogens is 1. The Kier molecular flexibility index (Phi) is 6.01. The summed E-state index contributed by atoms with van der Waals surface area (Å²) < 4.78 is 11.5. The Morgan fingerprint density at radius 1 is 1.37 bits per heavy atom. The van der Waals surface area contributed by atoms with Crippen molar-refractivity contribution in [2.75, 3.05) is 13.2 Å². The zero-order valence-corrected chi connectivity index (χ0v) is 18.6. The zero-order chi connectivity index (χ0) is 21.3. The topological polar surface area (TPSA) is 93.3 Å². The number of benzene rings is 1. The smallest absolute Gasteiger partial charge is 0.259 e. The van der Waals surface area contributed by atoms with Crippen molar-refractivity contribution >= 4 is 39.2 Å². The average molecular weight is 446 g/mol. The van der Waals surface area contributed by atoms with Gasteiger partial charge >= 0.3 is 0 Å². The number of para-hydroxylation sites is 2. The molecule has 30 heavy (non-hydrogen) atoms. The lowest BCUT2D eigenvalue weighted by atomic mass is 10.2. The van der Waals surface area contributed by atoms with Crippen molar-refractivity contribution in [2.45, 2.75) is 37.9 Å². The van der Waals surface area contributed by atoms with E-state index in [1.54, 1.807) is 0 Å². The summed E-state index contributed by atoms with van der Waals surface area (Å²) in [5.74, 6) is 2.35. The van der Waals surface area contributed by atoms with Crippen LogP contribution < -0.4 is 20.3 Å². The van der Waals surface area contributed by atoms with E-state index in [9.17, 15) is 9.59 Å². The number of ether oxygens (including phenoxy) is 2. The van der Waals surface area contributed by atoms with E-state index in [1.807, 2.05) is 45.0 Å². The number of carbonyl (C=O) groups is 1. The third-order valence-corrected chi connectivity index (χ3v) is 7.25. The van der Waals surface area contributed by atoms with E-state index >= 15 is 0 Å². The molecule has 1 amide bonds. The minimum absolute atomic E-state index is 0.0892. The monoisotopic (exact) mass is 445 g/mol. The lowest BCUT2D eigenvalue weighted by molar-refractivity contribution is -0.120. The van der Waals surface area contributed by atoms with Gasteiger partial charge in [0.25, 0.3) is 5.56 Å². The molecule has 2 atom stereocenters. The quantitative estimate of drug-likeness (QED) is 0.605. The molecule has 0 saturated carbocycles. The van der Waals surface area contributed by atoms with Crippen molar-refractivity contribution < 1.29 is 14.3 Å². The second kappa shape index (κ2) is 8.69.